The van der Waals surface area contributed by atoms with E-state index < -0.39 is 0 Å². The van der Waals surface area contributed by atoms with Crippen LogP contribution in [-0.4, -0.2) is 5.91 Å². The molecule has 104 valence electrons. The van der Waals surface area contributed by atoms with Crippen molar-refractivity contribution in [2.24, 2.45) is 5.73 Å². The van der Waals surface area contributed by atoms with Crippen LogP contribution in [0.25, 0.3) is 0 Å². The molecule has 0 bridgehead atoms. The molecule has 0 aliphatic heterocycles. The number of benzene rings is 2. The van der Waals surface area contributed by atoms with Crippen molar-refractivity contribution >= 4 is 37.8 Å². The highest BCUT2D eigenvalue weighted by Gasteiger charge is 2.08. The second kappa shape index (κ2) is 7.02. The number of nitrogens with two attached hydrogens (primary N) is 1. The lowest BCUT2D eigenvalue weighted by Crippen LogP contribution is -2.23. The number of hydrogen-bond donors (Lipinski definition) is 2. The molecule has 20 heavy (non-hydrogen) atoms. The lowest BCUT2D eigenvalue weighted by atomic mass is 10.1. The zero-order chi connectivity index (χ0) is 14.5. The van der Waals surface area contributed by atoms with Crippen LogP contribution in [0.5, 0.6) is 0 Å². The van der Waals surface area contributed by atoms with E-state index in [-0.39, 0.29) is 5.91 Å². The molecule has 5 heteroatoms. The Hall–Kier alpha value is -1.17. The Balaban J connectivity index is 2.08. The highest BCUT2D eigenvalue weighted by Crippen LogP contribution is 2.20. The van der Waals surface area contributed by atoms with Crippen molar-refractivity contribution in [3.8, 4) is 0 Å². The fraction of sp³-hybridized carbons (Fsp3) is 0.133. The maximum atomic E-state index is 12.1. The summed E-state index contributed by atoms with van der Waals surface area (Å²) in [5.74, 6) is -0.112. The van der Waals surface area contributed by atoms with Crippen LogP contribution in [0.1, 0.15) is 21.5 Å². The van der Waals surface area contributed by atoms with E-state index in [2.05, 4.69) is 37.2 Å². The van der Waals surface area contributed by atoms with E-state index >= 15 is 0 Å². The number of carbonyl (C=O) groups is 1. The van der Waals surface area contributed by atoms with Crippen molar-refractivity contribution in [2.75, 3.05) is 0 Å². The molecule has 0 unspecified atom stereocenters. The van der Waals surface area contributed by atoms with E-state index in [9.17, 15) is 4.79 Å². The SMILES string of the molecule is NCc1ccccc1CNC(=O)c1cc(Br)cc(Br)c1. The summed E-state index contributed by atoms with van der Waals surface area (Å²) in [6.45, 7) is 0.935. The topological polar surface area (TPSA) is 55.1 Å². The molecule has 2 aromatic carbocycles. The first kappa shape index (κ1) is 15.2. The molecular weight excluding hydrogens is 384 g/mol. The van der Waals surface area contributed by atoms with Gasteiger partial charge in [0.25, 0.3) is 5.91 Å². The number of hydrogen-bond acceptors (Lipinski definition) is 2. The van der Waals surface area contributed by atoms with Crippen molar-refractivity contribution in [3.63, 3.8) is 0 Å². The summed E-state index contributed by atoms with van der Waals surface area (Å²) in [6, 6.07) is 13.3. The molecule has 0 aromatic heterocycles. The molecule has 2 aromatic rings. The lowest BCUT2D eigenvalue weighted by molar-refractivity contribution is 0.0950. The van der Waals surface area contributed by atoms with Crippen LogP contribution < -0.4 is 11.1 Å². The number of amides is 1. The van der Waals surface area contributed by atoms with Crippen molar-refractivity contribution in [1.29, 1.82) is 0 Å². The molecule has 0 heterocycles. The average molecular weight is 398 g/mol. The van der Waals surface area contributed by atoms with Gasteiger partial charge in [0.15, 0.2) is 0 Å². The maximum absolute atomic E-state index is 12.1. The molecule has 0 saturated heterocycles. The Bertz CT molecular complexity index is 609. The van der Waals surface area contributed by atoms with E-state index in [0.29, 0.717) is 18.7 Å². The van der Waals surface area contributed by atoms with E-state index in [1.165, 1.54) is 0 Å². The molecule has 0 spiro atoms. The molecule has 3 N–H and O–H groups in total. The van der Waals surface area contributed by atoms with Crippen LogP contribution in [0.3, 0.4) is 0 Å². The normalized spacial score (nSPS) is 10.3. The molecule has 0 aliphatic rings. The van der Waals surface area contributed by atoms with Crippen LogP contribution in [0.15, 0.2) is 51.4 Å². The van der Waals surface area contributed by atoms with Gasteiger partial charge in [0, 0.05) is 27.6 Å². The first-order chi connectivity index (χ1) is 9.60. The largest absolute Gasteiger partial charge is 0.348 e. The lowest BCUT2D eigenvalue weighted by Gasteiger charge is -2.09. The predicted molar refractivity (Wildman–Crippen MR) is 87.3 cm³/mol. The van der Waals surface area contributed by atoms with E-state index in [1.807, 2.05) is 30.3 Å². The molecular formula is C15H14Br2N2O. The number of carbonyl (C=O) groups excluding carboxylic acids is 1. The Labute approximate surface area is 134 Å². The fourth-order valence-electron chi connectivity index (χ4n) is 1.89. The number of nitrogens with one attached hydrogen (secondary N) is 1. The zero-order valence-corrected chi connectivity index (χ0v) is 13.9. The van der Waals surface area contributed by atoms with Gasteiger partial charge in [-0.2, -0.15) is 0 Å². The van der Waals surface area contributed by atoms with Crippen molar-refractivity contribution in [2.45, 2.75) is 13.1 Å². The van der Waals surface area contributed by atoms with Gasteiger partial charge in [-0.1, -0.05) is 56.1 Å². The zero-order valence-electron chi connectivity index (χ0n) is 10.7. The van der Waals surface area contributed by atoms with Gasteiger partial charge in [0.1, 0.15) is 0 Å². The van der Waals surface area contributed by atoms with Crippen LogP contribution in [-0.2, 0) is 13.1 Å². The standard InChI is InChI=1S/C15H14Br2N2O/c16-13-5-12(6-14(17)7-13)15(20)19-9-11-4-2-1-3-10(11)8-18/h1-7H,8-9,18H2,(H,19,20). The van der Waals surface area contributed by atoms with Gasteiger partial charge in [-0.05, 0) is 29.3 Å². The van der Waals surface area contributed by atoms with Crippen molar-refractivity contribution < 1.29 is 4.79 Å². The minimum Gasteiger partial charge on any atom is -0.348 e. The molecule has 0 radical (unpaired) electrons. The summed E-state index contributed by atoms with van der Waals surface area (Å²) in [4.78, 5) is 12.1. The highest BCUT2D eigenvalue weighted by atomic mass is 79.9. The van der Waals surface area contributed by atoms with Gasteiger partial charge in [-0.3, -0.25) is 4.79 Å². The molecule has 0 atom stereocenters. The summed E-state index contributed by atoms with van der Waals surface area (Å²) in [5.41, 5.74) is 8.37. The quantitative estimate of drug-likeness (QED) is 0.827. The maximum Gasteiger partial charge on any atom is 0.251 e. The van der Waals surface area contributed by atoms with Gasteiger partial charge >= 0.3 is 0 Å². The number of rotatable bonds is 4. The minimum absolute atomic E-state index is 0.112. The third-order valence-corrected chi connectivity index (χ3v) is 3.82. The average Bonchev–Trinajstić information content (AvgIpc) is 2.44. The molecule has 0 aliphatic carbocycles. The van der Waals surface area contributed by atoms with Crippen molar-refractivity contribution in [3.05, 3.63) is 68.1 Å². The second-order valence-electron chi connectivity index (χ2n) is 4.31. The molecule has 0 saturated carbocycles. The molecule has 1 amide bonds. The van der Waals surface area contributed by atoms with Gasteiger partial charge < -0.3 is 11.1 Å². The van der Waals surface area contributed by atoms with Gasteiger partial charge in [-0.15, -0.1) is 0 Å². The Morgan fingerprint density at radius 1 is 1.05 bits per heavy atom. The third kappa shape index (κ3) is 3.91. The summed E-state index contributed by atoms with van der Waals surface area (Å²) in [5, 5.41) is 2.91. The summed E-state index contributed by atoms with van der Waals surface area (Å²) in [7, 11) is 0. The van der Waals surface area contributed by atoms with Gasteiger partial charge in [-0.25, -0.2) is 0 Å². The van der Waals surface area contributed by atoms with Crippen LogP contribution in [0.2, 0.25) is 0 Å². The molecule has 3 nitrogen and oxygen atoms in total. The number of halogens is 2. The third-order valence-electron chi connectivity index (χ3n) is 2.90. The van der Waals surface area contributed by atoms with Crippen LogP contribution in [0.4, 0.5) is 0 Å². The monoisotopic (exact) mass is 396 g/mol. The van der Waals surface area contributed by atoms with Crippen LogP contribution >= 0.6 is 31.9 Å². The fourth-order valence-corrected chi connectivity index (χ4v) is 3.19. The minimum atomic E-state index is -0.112. The Morgan fingerprint density at radius 3 is 2.25 bits per heavy atom. The first-order valence-corrected chi connectivity index (χ1v) is 7.70. The van der Waals surface area contributed by atoms with E-state index in [1.54, 1.807) is 12.1 Å². The highest BCUT2D eigenvalue weighted by molar-refractivity contribution is 9.11. The van der Waals surface area contributed by atoms with Gasteiger partial charge in [0.05, 0.1) is 0 Å². The first-order valence-electron chi connectivity index (χ1n) is 6.11. The molecule has 0 fully saturated rings. The predicted octanol–water partition coefficient (Wildman–Crippen LogP) is 3.60. The Morgan fingerprint density at radius 2 is 1.65 bits per heavy atom. The molecule has 2 rings (SSSR count). The summed E-state index contributed by atoms with van der Waals surface area (Å²) >= 11 is 6.75. The van der Waals surface area contributed by atoms with E-state index in [0.717, 1.165) is 20.1 Å². The van der Waals surface area contributed by atoms with E-state index in [4.69, 9.17) is 5.73 Å². The van der Waals surface area contributed by atoms with Crippen LogP contribution in [0, 0.1) is 0 Å². The summed E-state index contributed by atoms with van der Waals surface area (Å²) < 4.78 is 1.72. The Kier molecular flexibility index (Phi) is 5.34. The van der Waals surface area contributed by atoms with Gasteiger partial charge in [0.2, 0.25) is 0 Å². The van der Waals surface area contributed by atoms with Crippen molar-refractivity contribution in [1.82, 2.24) is 5.32 Å². The second-order valence-corrected chi connectivity index (χ2v) is 6.14. The smallest absolute Gasteiger partial charge is 0.251 e. The summed E-state index contributed by atoms with van der Waals surface area (Å²) in [6.07, 6.45) is 0.